The summed E-state index contributed by atoms with van der Waals surface area (Å²) in [6.07, 6.45) is 1.55. The molecule has 0 bridgehead atoms. The first-order chi connectivity index (χ1) is 10.6. The normalized spacial score (nSPS) is 10.8. The lowest BCUT2D eigenvalue weighted by Crippen LogP contribution is -2.14. The number of benzene rings is 2. The van der Waals surface area contributed by atoms with E-state index in [1.807, 2.05) is 31.2 Å². The molecule has 2 N–H and O–H groups in total. The minimum Gasteiger partial charge on any atom is -0.508 e. The summed E-state index contributed by atoms with van der Waals surface area (Å²) in [5.41, 5.74) is 1.40. The number of aromatic nitrogens is 1. The average Bonchev–Trinajstić information content (AvgIpc) is 2.54. The molecular formula is C16H14N2O3S. The van der Waals surface area contributed by atoms with Crippen LogP contribution >= 0.6 is 12.9 Å². The molecule has 0 fully saturated rings. The van der Waals surface area contributed by atoms with Gasteiger partial charge in [-0.2, -0.15) is 9.35 Å². The van der Waals surface area contributed by atoms with Crippen LogP contribution in [0.1, 0.15) is 5.56 Å². The molecule has 0 saturated heterocycles. The highest BCUT2D eigenvalue weighted by Crippen LogP contribution is 2.35. The molecule has 3 aromatic rings. The van der Waals surface area contributed by atoms with Crippen molar-refractivity contribution in [1.29, 1.82) is 0 Å². The summed E-state index contributed by atoms with van der Waals surface area (Å²) < 4.78 is 5.07. The highest BCUT2D eigenvalue weighted by molar-refractivity contribution is 7.75. The number of hydrogen-bond donors (Lipinski definition) is 3. The van der Waals surface area contributed by atoms with E-state index in [1.54, 1.807) is 18.3 Å². The molecule has 1 heterocycles. The number of pyridine rings is 1. The lowest BCUT2D eigenvalue weighted by molar-refractivity contribution is 0.375. The quantitative estimate of drug-likeness (QED) is 0.389. The van der Waals surface area contributed by atoms with E-state index in [4.69, 9.17) is 4.28 Å². The molecule has 0 radical (unpaired) electrons. The van der Waals surface area contributed by atoms with Crippen LogP contribution in [0, 0.1) is 6.92 Å². The van der Waals surface area contributed by atoms with E-state index in [0.717, 1.165) is 16.3 Å². The molecule has 3 rings (SSSR count). The Bertz CT molecular complexity index is 839. The molecule has 0 saturated carbocycles. The number of phenols is 1. The van der Waals surface area contributed by atoms with Crippen LogP contribution in [0.5, 0.6) is 11.5 Å². The molecule has 0 aliphatic carbocycles. The topological polar surface area (TPSA) is 65.8 Å². The number of aromatic hydroxyl groups is 2. The number of phenolic OH excluding ortho intramolecular Hbond substituents is 1. The number of nitrogens with zero attached hydrogens (tertiary/aromatic N) is 2. The third kappa shape index (κ3) is 2.43. The fraction of sp³-hybridized carbons (Fsp3) is 0.0625. The minimum atomic E-state index is -0.0238. The minimum absolute atomic E-state index is 0.0238. The van der Waals surface area contributed by atoms with Crippen LogP contribution in [0.25, 0.3) is 10.8 Å². The van der Waals surface area contributed by atoms with Gasteiger partial charge in [0.25, 0.3) is 0 Å². The first-order valence-corrected chi connectivity index (χ1v) is 6.96. The van der Waals surface area contributed by atoms with E-state index >= 15 is 0 Å². The summed E-state index contributed by atoms with van der Waals surface area (Å²) in [6.45, 7) is 1.84. The van der Waals surface area contributed by atoms with E-state index in [1.165, 1.54) is 11.1 Å². The first-order valence-electron chi connectivity index (χ1n) is 6.60. The lowest BCUT2D eigenvalue weighted by Gasteiger charge is -2.20. The summed E-state index contributed by atoms with van der Waals surface area (Å²) in [5.74, 6) is 0.433. The van der Waals surface area contributed by atoms with Gasteiger partial charge < -0.3 is 10.2 Å². The highest BCUT2D eigenvalue weighted by atomic mass is 32.1. The second-order valence-electron chi connectivity index (χ2n) is 4.84. The Morgan fingerprint density at radius 2 is 1.86 bits per heavy atom. The van der Waals surface area contributed by atoms with E-state index < -0.39 is 0 Å². The van der Waals surface area contributed by atoms with Gasteiger partial charge in [-0.15, -0.1) is 0 Å². The fourth-order valence-electron chi connectivity index (χ4n) is 2.33. The molecule has 112 valence electrons. The van der Waals surface area contributed by atoms with Crippen LogP contribution in [-0.2, 0) is 4.28 Å². The maximum absolute atomic E-state index is 9.93. The summed E-state index contributed by atoms with van der Waals surface area (Å²) in [7, 11) is 0. The Kier molecular flexibility index (Phi) is 3.79. The van der Waals surface area contributed by atoms with Gasteiger partial charge in [0, 0.05) is 19.1 Å². The number of hydrogen-bond acceptors (Lipinski definition) is 6. The van der Waals surface area contributed by atoms with Gasteiger partial charge in [-0.3, -0.25) is 0 Å². The van der Waals surface area contributed by atoms with Crippen LogP contribution in [0.4, 0.5) is 11.5 Å². The van der Waals surface area contributed by atoms with Gasteiger partial charge >= 0.3 is 0 Å². The maximum atomic E-state index is 9.93. The van der Waals surface area contributed by atoms with Crippen LogP contribution < -0.4 is 5.06 Å². The molecule has 0 unspecified atom stereocenters. The van der Waals surface area contributed by atoms with Gasteiger partial charge in [-0.25, -0.2) is 4.98 Å². The second-order valence-corrected chi connectivity index (χ2v) is 5.00. The number of fused-ring (bicyclic) bond motifs is 1. The van der Waals surface area contributed by atoms with E-state index in [0.29, 0.717) is 5.69 Å². The zero-order chi connectivity index (χ0) is 15.7. The molecule has 6 heteroatoms. The molecule has 0 aliphatic rings. The Morgan fingerprint density at radius 1 is 1.09 bits per heavy atom. The summed E-state index contributed by atoms with van der Waals surface area (Å²) in [5, 5.41) is 23.0. The fourth-order valence-corrected chi connectivity index (χ4v) is 2.50. The zero-order valence-corrected chi connectivity index (χ0v) is 12.7. The first kappa shape index (κ1) is 14.5. The monoisotopic (exact) mass is 314 g/mol. The van der Waals surface area contributed by atoms with Crippen LogP contribution in [0.3, 0.4) is 0 Å². The third-order valence-corrected chi connectivity index (χ3v) is 3.68. The van der Waals surface area contributed by atoms with E-state index in [2.05, 4.69) is 17.9 Å². The Labute approximate surface area is 133 Å². The van der Waals surface area contributed by atoms with Gasteiger partial charge in [0.15, 0.2) is 5.75 Å². The van der Waals surface area contributed by atoms with Crippen molar-refractivity contribution in [2.75, 3.05) is 5.06 Å². The SMILES string of the molecule is Cc1c(O)ccc2ccc(N(OS)c3ncccc3O)cc12. The molecule has 2 aromatic carbocycles. The summed E-state index contributed by atoms with van der Waals surface area (Å²) in [4.78, 5) is 4.10. The van der Waals surface area contributed by atoms with Crippen molar-refractivity contribution in [2.24, 2.45) is 0 Å². The van der Waals surface area contributed by atoms with Crippen LogP contribution in [0.2, 0.25) is 0 Å². The smallest absolute Gasteiger partial charge is 0.201 e. The van der Waals surface area contributed by atoms with Crippen molar-refractivity contribution >= 4 is 35.2 Å². The molecule has 0 aliphatic heterocycles. The molecule has 0 spiro atoms. The molecule has 0 atom stereocenters. The number of rotatable bonds is 3. The second kappa shape index (κ2) is 5.75. The van der Waals surface area contributed by atoms with Crippen molar-refractivity contribution in [3.05, 3.63) is 54.2 Å². The highest BCUT2D eigenvalue weighted by Gasteiger charge is 2.16. The molecule has 22 heavy (non-hydrogen) atoms. The van der Waals surface area contributed by atoms with Crippen molar-refractivity contribution in [1.82, 2.24) is 4.98 Å². The largest absolute Gasteiger partial charge is 0.508 e. The van der Waals surface area contributed by atoms with Crippen LogP contribution in [0.15, 0.2) is 48.7 Å². The third-order valence-electron chi connectivity index (χ3n) is 3.52. The average molecular weight is 314 g/mol. The summed E-state index contributed by atoms with van der Waals surface area (Å²) in [6, 6.07) is 12.2. The summed E-state index contributed by atoms with van der Waals surface area (Å²) >= 11 is 3.85. The van der Waals surface area contributed by atoms with Gasteiger partial charge in [0.1, 0.15) is 5.75 Å². The van der Waals surface area contributed by atoms with Gasteiger partial charge in [0.2, 0.25) is 5.82 Å². The maximum Gasteiger partial charge on any atom is 0.201 e. The number of aryl methyl sites for hydroxylation is 1. The predicted molar refractivity (Wildman–Crippen MR) is 88.5 cm³/mol. The Balaban J connectivity index is 2.16. The molecule has 0 amide bonds. The van der Waals surface area contributed by atoms with Gasteiger partial charge in [-0.05, 0) is 53.6 Å². The Hall–Kier alpha value is -2.44. The molecule has 5 nitrogen and oxygen atoms in total. The zero-order valence-electron chi connectivity index (χ0n) is 11.8. The standard InChI is InChI=1S/C16H14N2O3S/c1-10-13-9-12(6-4-11(13)5-7-14(10)19)18(21-22)16-15(20)3-2-8-17-16/h2-9,19-20,22H,1H3. The van der Waals surface area contributed by atoms with Crippen molar-refractivity contribution in [2.45, 2.75) is 6.92 Å². The number of anilines is 2. The van der Waals surface area contributed by atoms with Crippen LogP contribution in [-0.4, -0.2) is 15.2 Å². The van der Waals surface area contributed by atoms with Crippen molar-refractivity contribution < 1.29 is 14.5 Å². The lowest BCUT2D eigenvalue weighted by atomic mass is 10.0. The van der Waals surface area contributed by atoms with Crippen molar-refractivity contribution in [3.63, 3.8) is 0 Å². The molecule has 1 aromatic heterocycles. The van der Waals surface area contributed by atoms with Gasteiger partial charge in [0.05, 0.1) is 5.69 Å². The predicted octanol–water partition coefficient (Wildman–Crippen LogP) is 3.87. The molecular weight excluding hydrogens is 300 g/mol. The van der Waals surface area contributed by atoms with E-state index in [-0.39, 0.29) is 17.3 Å². The van der Waals surface area contributed by atoms with Crippen molar-refractivity contribution in [3.8, 4) is 11.5 Å². The van der Waals surface area contributed by atoms with E-state index in [9.17, 15) is 10.2 Å². The van der Waals surface area contributed by atoms with Gasteiger partial charge in [-0.1, -0.05) is 12.1 Å². The Morgan fingerprint density at radius 3 is 2.59 bits per heavy atom. The number of thiol groups is 1.